The van der Waals surface area contributed by atoms with Gasteiger partial charge >= 0.3 is 5.97 Å². The highest BCUT2D eigenvalue weighted by molar-refractivity contribution is 7.10. The Balaban J connectivity index is 2.65. The van der Waals surface area contributed by atoms with Gasteiger partial charge in [0, 0.05) is 23.5 Å². The Morgan fingerprint density at radius 1 is 1.59 bits per heavy atom. The van der Waals surface area contributed by atoms with Gasteiger partial charge in [-0.25, -0.2) is 4.79 Å². The van der Waals surface area contributed by atoms with E-state index in [-0.39, 0.29) is 0 Å². The molecule has 0 aliphatic heterocycles. The molecule has 1 heterocycles. The van der Waals surface area contributed by atoms with Gasteiger partial charge in [-0.05, 0) is 43.5 Å². The van der Waals surface area contributed by atoms with Crippen LogP contribution in [0.15, 0.2) is 17.5 Å². The van der Waals surface area contributed by atoms with E-state index in [2.05, 4.69) is 31.7 Å². The fraction of sp³-hybridized carbons (Fsp3) is 0.462. The van der Waals surface area contributed by atoms with Gasteiger partial charge in [0.2, 0.25) is 0 Å². The maximum Gasteiger partial charge on any atom is 0.328 e. The van der Waals surface area contributed by atoms with E-state index < -0.39 is 5.97 Å². The van der Waals surface area contributed by atoms with Crippen molar-refractivity contribution in [1.82, 2.24) is 4.90 Å². The molecule has 1 aromatic rings. The van der Waals surface area contributed by atoms with Gasteiger partial charge in [0.25, 0.3) is 0 Å². The van der Waals surface area contributed by atoms with Gasteiger partial charge < -0.3 is 5.11 Å². The van der Waals surface area contributed by atoms with Crippen LogP contribution in [0.3, 0.4) is 0 Å². The average molecular weight is 253 g/mol. The summed E-state index contributed by atoms with van der Waals surface area (Å²) in [6, 6.07) is 2.58. The molecule has 1 rings (SSSR count). The van der Waals surface area contributed by atoms with E-state index in [1.807, 2.05) is 5.38 Å². The molecule has 1 aromatic heterocycles. The molecule has 0 unspecified atom stereocenters. The highest BCUT2D eigenvalue weighted by Crippen LogP contribution is 2.18. The van der Waals surface area contributed by atoms with Crippen LogP contribution < -0.4 is 0 Å². The van der Waals surface area contributed by atoms with Gasteiger partial charge in [0.1, 0.15) is 0 Å². The minimum atomic E-state index is -0.907. The van der Waals surface area contributed by atoms with Crippen LogP contribution in [0.2, 0.25) is 0 Å². The van der Waals surface area contributed by atoms with E-state index in [1.165, 1.54) is 11.0 Å². The van der Waals surface area contributed by atoms with Crippen molar-refractivity contribution < 1.29 is 9.90 Å². The molecule has 0 bridgehead atoms. The first-order valence-electron chi connectivity index (χ1n) is 5.75. The molecule has 1 N–H and O–H groups in total. The van der Waals surface area contributed by atoms with Gasteiger partial charge in [-0.1, -0.05) is 6.92 Å². The Bertz CT molecular complexity index is 396. The highest BCUT2D eigenvalue weighted by Gasteiger charge is 2.08. The number of hydrogen-bond donors (Lipinski definition) is 1. The Morgan fingerprint density at radius 3 is 2.82 bits per heavy atom. The molecule has 94 valence electrons. The molecule has 4 heteroatoms. The topological polar surface area (TPSA) is 40.5 Å². The second-order valence-corrected chi connectivity index (χ2v) is 5.17. The number of carboxylic acid groups (broad SMARTS) is 1. The van der Waals surface area contributed by atoms with Crippen LogP contribution in [0.25, 0.3) is 6.08 Å². The molecule has 0 saturated carbocycles. The van der Waals surface area contributed by atoms with E-state index >= 15 is 0 Å². The molecule has 0 aliphatic carbocycles. The van der Waals surface area contributed by atoms with Crippen LogP contribution in [0.1, 0.15) is 31.2 Å². The second kappa shape index (κ2) is 6.57. The molecule has 0 aliphatic rings. The maximum absolute atomic E-state index is 10.4. The summed E-state index contributed by atoms with van der Waals surface area (Å²) in [5.41, 5.74) is 0.965. The third-order valence-electron chi connectivity index (χ3n) is 2.59. The third-order valence-corrected chi connectivity index (χ3v) is 3.53. The van der Waals surface area contributed by atoms with Crippen molar-refractivity contribution in [3.63, 3.8) is 0 Å². The van der Waals surface area contributed by atoms with Gasteiger partial charge in [-0.15, -0.1) is 11.3 Å². The predicted octanol–water partition coefficient (Wildman–Crippen LogP) is 3.08. The predicted molar refractivity (Wildman–Crippen MR) is 72.2 cm³/mol. The lowest BCUT2D eigenvalue weighted by atomic mass is 10.2. The lowest BCUT2D eigenvalue weighted by Gasteiger charge is -2.23. The number of nitrogens with zero attached hydrogens (tertiary/aromatic N) is 1. The summed E-state index contributed by atoms with van der Waals surface area (Å²) in [7, 11) is 0. The third kappa shape index (κ3) is 4.71. The van der Waals surface area contributed by atoms with Crippen molar-refractivity contribution in [2.75, 3.05) is 6.54 Å². The first-order chi connectivity index (χ1) is 8.02. The van der Waals surface area contributed by atoms with Crippen molar-refractivity contribution in [3.8, 4) is 0 Å². The Morgan fingerprint density at radius 2 is 2.29 bits per heavy atom. The first-order valence-corrected chi connectivity index (χ1v) is 6.63. The summed E-state index contributed by atoms with van der Waals surface area (Å²) in [4.78, 5) is 14.0. The lowest BCUT2D eigenvalue weighted by Crippen LogP contribution is -2.29. The molecule has 0 aromatic carbocycles. The molecule has 0 spiro atoms. The quantitative estimate of drug-likeness (QED) is 0.792. The molecule has 0 radical (unpaired) electrons. The number of thiophene rings is 1. The van der Waals surface area contributed by atoms with Gasteiger partial charge in [0.15, 0.2) is 0 Å². The van der Waals surface area contributed by atoms with Crippen LogP contribution in [-0.4, -0.2) is 28.6 Å². The fourth-order valence-electron chi connectivity index (χ4n) is 1.60. The van der Waals surface area contributed by atoms with E-state index in [9.17, 15) is 4.79 Å². The summed E-state index contributed by atoms with van der Waals surface area (Å²) >= 11 is 1.68. The molecule has 0 fully saturated rings. The van der Waals surface area contributed by atoms with E-state index in [4.69, 9.17) is 5.11 Å². The Labute approximate surface area is 106 Å². The van der Waals surface area contributed by atoms with Gasteiger partial charge in [0.05, 0.1) is 0 Å². The van der Waals surface area contributed by atoms with E-state index in [1.54, 1.807) is 17.4 Å². The van der Waals surface area contributed by atoms with E-state index in [0.717, 1.165) is 18.7 Å². The first kappa shape index (κ1) is 13.9. The number of hydrogen-bond acceptors (Lipinski definition) is 3. The van der Waals surface area contributed by atoms with Crippen molar-refractivity contribution >= 4 is 23.4 Å². The number of aliphatic carboxylic acids is 1. The Kier molecular flexibility index (Phi) is 5.38. The molecule has 3 nitrogen and oxygen atoms in total. The van der Waals surface area contributed by atoms with Crippen LogP contribution in [-0.2, 0) is 11.3 Å². The van der Waals surface area contributed by atoms with Crippen molar-refractivity contribution in [2.45, 2.75) is 33.4 Å². The maximum atomic E-state index is 10.4. The fourth-order valence-corrected chi connectivity index (χ4v) is 2.47. The normalized spacial score (nSPS) is 11.8. The largest absolute Gasteiger partial charge is 0.478 e. The zero-order valence-electron chi connectivity index (χ0n) is 10.5. The summed E-state index contributed by atoms with van der Waals surface area (Å²) in [6.07, 6.45) is 2.81. The molecule has 0 saturated heterocycles. The second-order valence-electron chi connectivity index (χ2n) is 4.17. The zero-order chi connectivity index (χ0) is 12.8. The number of carbonyl (C=O) groups is 1. The van der Waals surface area contributed by atoms with Crippen molar-refractivity contribution in [1.29, 1.82) is 0 Å². The summed E-state index contributed by atoms with van der Waals surface area (Å²) in [5, 5.41) is 10.5. The standard InChI is InChI=1S/C13H19NO2S/c1-4-14(10(2)3)8-12-7-11(9-17-12)5-6-13(15)16/h5-7,9-10H,4,8H2,1-3H3,(H,15,16). The Hall–Kier alpha value is -1.13. The SMILES string of the molecule is CCN(Cc1cc(C=CC(=O)O)cs1)C(C)C. The van der Waals surface area contributed by atoms with Crippen LogP contribution in [0, 0.1) is 0 Å². The monoisotopic (exact) mass is 253 g/mol. The van der Waals surface area contributed by atoms with Crippen LogP contribution in [0.4, 0.5) is 0 Å². The van der Waals surface area contributed by atoms with Gasteiger partial charge in [-0.3, -0.25) is 4.90 Å². The van der Waals surface area contributed by atoms with Crippen molar-refractivity contribution in [2.24, 2.45) is 0 Å². The zero-order valence-corrected chi connectivity index (χ0v) is 11.3. The minimum absolute atomic E-state index is 0.528. The highest BCUT2D eigenvalue weighted by atomic mass is 32.1. The van der Waals surface area contributed by atoms with Crippen LogP contribution >= 0.6 is 11.3 Å². The molecular formula is C13H19NO2S. The summed E-state index contributed by atoms with van der Waals surface area (Å²) in [5.74, 6) is -0.907. The van der Waals surface area contributed by atoms with Crippen LogP contribution in [0.5, 0.6) is 0 Å². The average Bonchev–Trinajstić information content (AvgIpc) is 2.70. The lowest BCUT2D eigenvalue weighted by molar-refractivity contribution is -0.131. The number of carboxylic acids is 1. The van der Waals surface area contributed by atoms with E-state index in [0.29, 0.717) is 6.04 Å². The molecule has 0 atom stereocenters. The molecule has 0 amide bonds. The van der Waals surface area contributed by atoms with Gasteiger partial charge in [-0.2, -0.15) is 0 Å². The minimum Gasteiger partial charge on any atom is -0.478 e. The van der Waals surface area contributed by atoms with Crippen molar-refractivity contribution in [3.05, 3.63) is 28.0 Å². The summed E-state index contributed by atoms with van der Waals surface area (Å²) in [6.45, 7) is 8.47. The number of rotatable bonds is 6. The molecule has 17 heavy (non-hydrogen) atoms. The summed E-state index contributed by atoms with van der Waals surface area (Å²) < 4.78 is 0. The smallest absolute Gasteiger partial charge is 0.328 e. The molecular weight excluding hydrogens is 234 g/mol.